The number of anilines is 2. The number of fused-ring (bicyclic) bond motifs is 1. The van der Waals surface area contributed by atoms with E-state index in [1.807, 2.05) is 65.6 Å². The van der Waals surface area contributed by atoms with Crippen LogP contribution in [0.4, 0.5) is 15.9 Å². The molecule has 1 N–H and O–H groups in total. The number of amides is 1. The van der Waals surface area contributed by atoms with Crippen LogP contribution in [0.2, 0.25) is 0 Å². The molecule has 1 aromatic heterocycles. The second-order valence-electron chi connectivity index (χ2n) is 8.26. The second-order valence-corrected chi connectivity index (χ2v) is 8.26. The minimum atomic E-state index is -0.290. The van der Waals surface area contributed by atoms with Crippen molar-refractivity contribution in [1.29, 1.82) is 0 Å². The Hall–Kier alpha value is -4.20. The number of halogens is 1. The van der Waals surface area contributed by atoms with Crippen molar-refractivity contribution in [2.24, 2.45) is 0 Å². The molecule has 8 heteroatoms. The van der Waals surface area contributed by atoms with Gasteiger partial charge in [0.15, 0.2) is 11.5 Å². The quantitative estimate of drug-likeness (QED) is 0.412. The van der Waals surface area contributed by atoms with Gasteiger partial charge in [0.1, 0.15) is 18.2 Å². The fraction of sp³-hybridized carbons (Fsp3) is 0.222. The summed E-state index contributed by atoms with van der Waals surface area (Å²) in [5, 5.41) is 13.2. The molecule has 7 nitrogen and oxygen atoms in total. The summed E-state index contributed by atoms with van der Waals surface area (Å²) in [4.78, 5) is 17.0. The van der Waals surface area contributed by atoms with Crippen molar-refractivity contribution >= 4 is 28.2 Å². The minimum absolute atomic E-state index is 0.212. The van der Waals surface area contributed by atoms with Crippen LogP contribution in [0, 0.1) is 5.82 Å². The number of nitrogens with zero attached hydrogens (tertiary/aromatic N) is 4. The van der Waals surface area contributed by atoms with E-state index in [0.29, 0.717) is 45.0 Å². The molecule has 1 amide bonds. The van der Waals surface area contributed by atoms with Crippen LogP contribution < -0.4 is 19.9 Å². The number of para-hydroxylation sites is 2. The summed E-state index contributed by atoms with van der Waals surface area (Å²) in [5.74, 6) is 0.987. The highest BCUT2D eigenvalue weighted by atomic mass is 19.1. The maximum Gasteiger partial charge on any atom is 0.272 e. The van der Waals surface area contributed by atoms with Crippen molar-refractivity contribution < 1.29 is 13.9 Å². The van der Waals surface area contributed by atoms with Crippen molar-refractivity contribution in [2.45, 2.75) is 0 Å². The number of carbonyl (C=O) groups excluding carboxylic acids is 1. The number of nitrogens with one attached hydrogen (secondary N) is 1. The molecule has 1 saturated heterocycles. The summed E-state index contributed by atoms with van der Waals surface area (Å²) in [5.41, 5.74) is 0.903. The number of hydrogen-bond acceptors (Lipinski definition) is 6. The predicted octanol–water partition coefficient (Wildman–Crippen LogP) is 3.90. The predicted molar refractivity (Wildman–Crippen MR) is 135 cm³/mol. The van der Waals surface area contributed by atoms with Crippen molar-refractivity contribution in [3.05, 3.63) is 90.4 Å². The zero-order valence-electron chi connectivity index (χ0n) is 19.2. The Morgan fingerprint density at radius 2 is 1.49 bits per heavy atom. The molecule has 5 rings (SSSR count). The molecule has 0 saturated carbocycles. The van der Waals surface area contributed by atoms with Crippen LogP contribution in [0.15, 0.2) is 78.9 Å². The average molecular weight is 472 g/mol. The van der Waals surface area contributed by atoms with E-state index in [9.17, 15) is 9.18 Å². The summed E-state index contributed by atoms with van der Waals surface area (Å²) in [6.45, 7) is 3.39. The summed E-state index contributed by atoms with van der Waals surface area (Å²) in [6, 6.07) is 24.0. The second kappa shape index (κ2) is 10.4. The number of rotatable bonds is 7. The lowest BCUT2D eigenvalue weighted by Gasteiger charge is -2.37. The molecule has 0 radical (unpaired) electrons. The van der Waals surface area contributed by atoms with E-state index < -0.39 is 0 Å². The van der Waals surface area contributed by atoms with Gasteiger partial charge >= 0.3 is 0 Å². The standard InChI is InChI=1S/C27H26FN5O2/c28-23-12-6-7-13-24(23)32-15-17-33(18-16-32)26-22-11-5-4-10-21(22)25(30-31-26)27(34)29-14-19-35-20-8-2-1-3-9-20/h1-13H,14-19H2,(H,29,34). The molecule has 2 heterocycles. The summed E-state index contributed by atoms with van der Waals surface area (Å²) < 4.78 is 19.8. The van der Waals surface area contributed by atoms with E-state index in [4.69, 9.17) is 4.74 Å². The Labute approximate surface area is 203 Å². The average Bonchev–Trinajstić information content (AvgIpc) is 2.91. The van der Waals surface area contributed by atoms with E-state index in [-0.39, 0.29) is 17.4 Å². The van der Waals surface area contributed by atoms with Gasteiger partial charge in [-0.15, -0.1) is 10.2 Å². The molecule has 1 fully saturated rings. The van der Waals surface area contributed by atoms with Crippen LogP contribution in [-0.2, 0) is 0 Å². The lowest BCUT2D eigenvalue weighted by Crippen LogP contribution is -2.47. The number of hydrogen-bond donors (Lipinski definition) is 1. The van der Waals surface area contributed by atoms with Crippen LogP contribution in [0.25, 0.3) is 10.8 Å². The van der Waals surface area contributed by atoms with Crippen LogP contribution >= 0.6 is 0 Å². The first-order valence-corrected chi connectivity index (χ1v) is 11.7. The van der Waals surface area contributed by atoms with E-state index >= 15 is 0 Å². The zero-order chi connectivity index (χ0) is 24.0. The Morgan fingerprint density at radius 1 is 0.829 bits per heavy atom. The van der Waals surface area contributed by atoms with Gasteiger partial charge in [0.2, 0.25) is 0 Å². The molecule has 0 aliphatic carbocycles. The number of carbonyl (C=O) groups is 1. The van der Waals surface area contributed by atoms with Gasteiger partial charge in [-0.2, -0.15) is 0 Å². The van der Waals surface area contributed by atoms with Crippen LogP contribution in [-0.4, -0.2) is 55.4 Å². The fourth-order valence-corrected chi connectivity index (χ4v) is 4.29. The topological polar surface area (TPSA) is 70.6 Å². The normalized spacial score (nSPS) is 13.6. The highest BCUT2D eigenvalue weighted by Crippen LogP contribution is 2.28. The third-order valence-corrected chi connectivity index (χ3v) is 6.05. The van der Waals surface area contributed by atoms with Gasteiger partial charge in [-0.25, -0.2) is 4.39 Å². The van der Waals surface area contributed by atoms with E-state index in [1.165, 1.54) is 6.07 Å². The zero-order valence-corrected chi connectivity index (χ0v) is 19.2. The molecule has 0 unspecified atom stereocenters. The van der Waals surface area contributed by atoms with Gasteiger partial charge in [0.05, 0.1) is 12.2 Å². The molecular weight excluding hydrogens is 445 g/mol. The Bertz CT molecular complexity index is 1310. The van der Waals surface area contributed by atoms with Crippen LogP contribution in [0.3, 0.4) is 0 Å². The maximum absolute atomic E-state index is 14.2. The summed E-state index contributed by atoms with van der Waals surface area (Å²) >= 11 is 0. The molecule has 35 heavy (non-hydrogen) atoms. The van der Waals surface area contributed by atoms with Crippen molar-refractivity contribution in [3.63, 3.8) is 0 Å². The first kappa shape index (κ1) is 22.6. The van der Waals surface area contributed by atoms with Crippen LogP contribution in [0.1, 0.15) is 10.5 Å². The van der Waals surface area contributed by atoms with Crippen molar-refractivity contribution in [2.75, 3.05) is 49.1 Å². The lowest BCUT2D eigenvalue weighted by atomic mass is 10.1. The molecule has 0 spiro atoms. The van der Waals surface area contributed by atoms with Crippen molar-refractivity contribution in [3.8, 4) is 5.75 Å². The highest BCUT2D eigenvalue weighted by Gasteiger charge is 2.23. The highest BCUT2D eigenvalue weighted by molar-refractivity contribution is 6.07. The number of aromatic nitrogens is 2. The first-order valence-electron chi connectivity index (χ1n) is 11.7. The third kappa shape index (κ3) is 5.01. The SMILES string of the molecule is O=C(NCCOc1ccccc1)c1nnc(N2CCN(c3ccccc3F)CC2)c2ccccc12. The van der Waals surface area contributed by atoms with Gasteiger partial charge in [0.25, 0.3) is 5.91 Å². The lowest BCUT2D eigenvalue weighted by molar-refractivity contribution is 0.0943. The number of benzene rings is 3. The third-order valence-electron chi connectivity index (χ3n) is 6.05. The molecule has 3 aromatic carbocycles. The Morgan fingerprint density at radius 3 is 2.26 bits per heavy atom. The molecule has 1 aliphatic rings. The molecule has 0 atom stereocenters. The Kier molecular flexibility index (Phi) is 6.70. The van der Waals surface area contributed by atoms with Gasteiger partial charge < -0.3 is 19.9 Å². The van der Waals surface area contributed by atoms with E-state index in [0.717, 1.165) is 22.3 Å². The summed E-state index contributed by atoms with van der Waals surface area (Å²) in [7, 11) is 0. The van der Waals surface area contributed by atoms with E-state index in [1.54, 1.807) is 12.1 Å². The molecule has 4 aromatic rings. The number of ether oxygens (including phenoxy) is 1. The molecule has 1 aliphatic heterocycles. The van der Waals surface area contributed by atoms with Gasteiger partial charge in [-0.1, -0.05) is 54.6 Å². The summed E-state index contributed by atoms with van der Waals surface area (Å²) in [6.07, 6.45) is 0. The minimum Gasteiger partial charge on any atom is -0.492 e. The van der Waals surface area contributed by atoms with Crippen LogP contribution in [0.5, 0.6) is 5.75 Å². The van der Waals surface area contributed by atoms with E-state index in [2.05, 4.69) is 20.4 Å². The van der Waals surface area contributed by atoms with Gasteiger partial charge in [-0.3, -0.25) is 4.79 Å². The molecular formula is C27H26FN5O2. The van der Waals surface area contributed by atoms with Crippen molar-refractivity contribution in [1.82, 2.24) is 15.5 Å². The maximum atomic E-state index is 14.2. The number of piperazine rings is 1. The largest absolute Gasteiger partial charge is 0.492 e. The van der Waals surface area contributed by atoms with Gasteiger partial charge in [0, 0.05) is 37.0 Å². The molecule has 0 bridgehead atoms. The van der Waals surface area contributed by atoms with Gasteiger partial charge in [-0.05, 0) is 24.3 Å². The molecule has 178 valence electrons. The Balaban J connectivity index is 1.26. The monoisotopic (exact) mass is 471 g/mol. The fourth-order valence-electron chi connectivity index (χ4n) is 4.29. The smallest absolute Gasteiger partial charge is 0.272 e. The first-order chi connectivity index (χ1) is 17.2.